The quantitative estimate of drug-likeness (QED) is 0.842. The van der Waals surface area contributed by atoms with Crippen LogP contribution in [0.4, 0.5) is 0 Å². The van der Waals surface area contributed by atoms with Gasteiger partial charge in [0.1, 0.15) is 5.75 Å². The normalized spacial score (nSPS) is 13.7. The van der Waals surface area contributed by atoms with Crippen molar-refractivity contribution in [3.8, 4) is 5.75 Å². The SMILES string of the molecule is COc1ccc(CC(=O)N(C)CC(=O)NC2CC2)cc1. The van der Waals surface area contributed by atoms with E-state index in [1.54, 1.807) is 14.2 Å². The summed E-state index contributed by atoms with van der Waals surface area (Å²) in [5, 5.41) is 2.87. The van der Waals surface area contributed by atoms with E-state index in [1.165, 1.54) is 4.90 Å². The van der Waals surface area contributed by atoms with Gasteiger partial charge in [-0.2, -0.15) is 0 Å². The molecule has 1 N–H and O–H groups in total. The van der Waals surface area contributed by atoms with Gasteiger partial charge in [-0.25, -0.2) is 0 Å². The number of amides is 2. The summed E-state index contributed by atoms with van der Waals surface area (Å²) in [6.07, 6.45) is 2.39. The van der Waals surface area contributed by atoms with Gasteiger partial charge in [-0.05, 0) is 30.5 Å². The van der Waals surface area contributed by atoms with Gasteiger partial charge in [-0.15, -0.1) is 0 Å². The zero-order chi connectivity index (χ0) is 14.5. The summed E-state index contributed by atoms with van der Waals surface area (Å²) in [5.74, 6) is 0.609. The molecule has 5 heteroatoms. The number of nitrogens with zero attached hydrogens (tertiary/aromatic N) is 1. The Morgan fingerprint density at radius 1 is 1.30 bits per heavy atom. The number of likely N-dealkylation sites (N-methyl/N-ethyl adjacent to an activating group) is 1. The molecule has 2 amide bonds. The molecule has 1 saturated carbocycles. The van der Waals surface area contributed by atoms with Crippen LogP contribution in [-0.4, -0.2) is 43.5 Å². The van der Waals surface area contributed by atoms with Crippen LogP contribution in [0.5, 0.6) is 5.75 Å². The first-order valence-electron chi connectivity index (χ1n) is 6.74. The lowest BCUT2D eigenvalue weighted by molar-refractivity contribution is -0.134. The standard InChI is InChI=1S/C15H20N2O3/c1-17(10-14(18)16-12-5-6-12)15(19)9-11-3-7-13(20-2)8-4-11/h3-4,7-8,12H,5-6,9-10H2,1-2H3,(H,16,18). The third kappa shape index (κ3) is 4.26. The highest BCUT2D eigenvalue weighted by Gasteiger charge is 2.24. The number of rotatable bonds is 6. The molecule has 0 radical (unpaired) electrons. The third-order valence-corrected chi connectivity index (χ3v) is 3.26. The highest BCUT2D eigenvalue weighted by atomic mass is 16.5. The molecule has 1 aliphatic carbocycles. The molecule has 1 aromatic carbocycles. The van der Waals surface area contributed by atoms with Crippen LogP contribution >= 0.6 is 0 Å². The number of carbonyl (C=O) groups excluding carboxylic acids is 2. The van der Waals surface area contributed by atoms with Gasteiger partial charge in [0.25, 0.3) is 0 Å². The van der Waals surface area contributed by atoms with E-state index in [9.17, 15) is 9.59 Å². The molecule has 0 unspecified atom stereocenters. The molecule has 1 aromatic rings. The number of hydrogen-bond acceptors (Lipinski definition) is 3. The summed E-state index contributed by atoms with van der Waals surface area (Å²) in [6.45, 7) is 0.117. The Morgan fingerprint density at radius 3 is 2.50 bits per heavy atom. The number of carbonyl (C=O) groups is 2. The Balaban J connectivity index is 1.81. The Kier molecular flexibility index (Phi) is 4.61. The van der Waals surface area contributed by atoms with E-state index in [-0.39, 0.29) is 24.8 Å². The highest BCUT2D eigenvalue weighted by molar-refractivity contribution is 5.85. The smallest absolute Gasteiger partial charge is 0.239 e. The Hall–Kier alpha value is -2.04. The fourth-order valence-corrected chi connectivity index (χ4v) is 1.86. The lowest BCUT2D eigenvalue weighted by Gasteiger charge is -2.16. The minimum Gasteiger partial charge on any atom is -0.497 e. The van der Waals surface area contributed by atoms with Gasteiger partial charge in [0, 0.05) is 13.1 Å². The Morgan fingerprint density at radius 2 is 1.95 bits per heavy atom. The van der Waals surface area contributed by atoms with E-state index in [2.05, 4.69) is 5.32 Å². The maximum Gasteiger partial charge on any atom is 0.239 e. The average molecular weight is 276 g/mol. The van der Waals surface area contributed by atoms with Crippen LogP contribution < -0.4 is 10.1 Å². The first-order valence-corrected chi connectivity index (χ1v) is 6.74. The van der Waals surface area contributed by atoms with Crippen molar-refractivity contribution >= 4 is 11.8 Å². The molecular formula is C15H20N2O3. The second-order valence-electron chi connectivity index (χ2n) is 5.12. The molecule has 108 valence electrons. The number of ether oxygens (including phenoxy) is 1. The summed E-state index contributed by atoms with van der Waals surface area (Å²) in [4.78, 5) is 25.1. The summed E-state index contributed by atoms with van der Waals surface area (Å²) in [6, 6.07) is 7.68. The van der Waals surface area contributed by atoms with Gasteiger partial charge in [0.05, 0.1) is 20.1 Å². The lowest BCUT2D eigenvalue weighted by Crippen LogP contribution is -2.39. The topological polar surface area (TPSA) is 58.6 Å². The van der Waals surface area contributed by atoms with Crippen LogP contribution in [0.3, 0.4) is 0 Å². The van der Waals surface area contributed by atoms with E-state index in [1.807, 2.05) is 24.3 Å². The molecule has 0 saturated heterocycles. The van der Waals surface area contributed by atoms with Gasteiger partial charge in [-0.1, -0.05) is 12.1 Å². The van der Waals surface area contributed by atoms with Crippen LogP contribution in [0.25, 0.3) is 0 Å². The van der Waals surface area contributed by atoms with Crippen LogP contribution in [0, 0.1) is 0 Å². The summed E-state index contributed by atoms with van der Waals surface area (Å²) in [7, 11) is 3.25. The first-order chi connectivity index (χ1) is 9.58. The molecule has 0 aliphatic heterocycles. The first kappa shape index (κ1) is 14.4. The summed E-state index contributed by atoms with van der Waals surface area (Å²) >= 11 is 0. The third-order valence-electron chi connectivity index (χ3n) is 3.26. The lowest BCUT2D eigenvalue weighted by atomic mass is 10.1. The van der Waals surface area contributed by atoms with Crippen molar-refractivity contribution in [2.24, 2.45) is 0 Å². The molecule has 0 atom stereocenters. The summed E-state index contributed by atoms with van der Waals surface area (Å²) < 4.78 is 5.07. The fourth-order valence-electron chi connectivity index (χ4n) is 1.86. The molecule has 0 aromatic heterocycles. The van der Waals surface area contributed by atoms with E-state index >= 15 is 0 Å². The Labute approximate surface area is 118 Å². The Bertz CT molecular complexity index is 480. The van der Waals surface area contributed by atoms with Crippen LogP contribution in [-0.2, 0) is 16.0 Å². The zero-order valence-electron chi connectivity index (χ0n) is 11.9. The van der Waals surface area contributed by atoms with Crippen LogP contribution in [0.15, 0.2) is 24.3 Å². The molecule has 0 bridgehead atoms. The van der Waals surface area contributed by atoms with E-state index in [0.717, 1.165) is 24.2 Å². The van der Waals surface area contributed by atoms with Crippen molar-refractivity contribution in [2.45, 2.75) is 25.3 Å². The molecule has 5 nitrogen and oxygen atoms in total. The second-order valence-corrected chi connectivity index (χ2v) is 5.12. The predicted molar refractivity (Wildman–Crippen MR) is 75.5 cm³/mol. The molecular weight excluding hydrogens is 256 g/mol. The van der Waals surface area contributed by atoms with Crippen molar-refractivity contribution in [1.82, 2.24) is 10.2 Å². The van der Waals surface area contributed by atoms with E-state index in [4.69, 9.17) is 4.74 Å². The molecule has 1 fully saturated rings. The van der Waals surface area contributed by atoms with E-state index in [0.29, 0.717) is 6.04 Å². The van der Waals surface area contributed by atoms with Gasteiger partial charge >= 0.3 is 0 Å². The van der Waals surface area contributed by atoms with Gasteiger partial charge in [-0.3, -0.25) is 9.59 Å². The number of nitrogens with one attached hydrogen (secondary N) is 1. The maximum atomic E-state index is 12.0. The highest BCUT2D eigenvalue weighted by Crippen LogP contribution is 2.18. The number of methoxy groups -OCH3 is 1. The average Bonchev–Trinajstić information content (AvgIpc) is 3.23. The molecule has 20 heavy (non-hydrogen) atoms. The van der Waals surface area contributed by atoms with Crippen molar-refractivity contribution < 1.29 is 14.3 Å². The van der Waals surface area contributed by atoms with Crippen molar-refractivity contribution in [1.29, 1.82) is 0 Å². The van der Waals surface area contributed by atoms with Crippen molar-refractivity contribution in [3.05, 3.63) is 29.8 Å². The zero-order valence-corrected chi connectivity index (χ0v) is 11.9. The minimum absolute atomic E-state index is 0.0684. The monoisotopic (exact) mass is 276 g/mol. The van der Waals surface area contributed by atoms with Gasteiger partial charge in [0.15, 0.2) is 0 Å². The van der Waals surface area contributed by atoms with Crippen molar-refractivity contribution in [2.75, 3.05) is 20.7 Å². The molecule has 1 aliphatic rings. The summed E-state index contributed by atoms with van der Waals surface area (Å²) in [5.41, 5.74) is 0.908. The fraction of sp³-hybridized carbons (Fsp3) is 0.467. The minimum atomic E-state index is -0.0851. The van der Waals surface area contributed by atoms with Gasteiger partial charge < -0.3 is 15.0 Å². The molecule has 2 rings (SSSR count). The maximum absolute atomic E-state index is 12.0. The number of hydrogen-bond donors (Lipinski definition) is 1. The number of benzene rings is 1. The van der Waals surface area contributed by atoms with Crippen molar-refractivity contribution in [3.63, 3.8) is 0 Å². The second kappa shape index (κ2) is 6.41. The van der Waals surface area contributed by atoms with Crippen LogP contribution in [0.1, 0.15) is 18.4 Å². The molecule has 0 heterocycles. The van der Waals surface area contributed by atoms with Gasteiger partial charge in [0.2, 0.25) is 11.8 Å². The predicted octanol–water partition coefficient (Wildman–Crippen LogP) is 0.975. The largest absolute Gasteiger partial charge is 0.497 e. The molecule has 0 spiro atoms. The van der Waals surface area contributed by atoms with Crippen LogP contribution in [0.2, 0.25) is 0 Å². The van der Waals surface area contributed by atoms with E-state index < -0.39 is 0 Å².